The molecule has 1 amide bonds. The van der Waals surface area contributed by atoms with Crippen molar-refractivity contribution in [3.8, 4) is 0 Å². The van der Waals surface area contributed by atoms with Gasteiger partial charge >= 0.3 is 6.09 Å². The number of carbonyl (C=O) groups excluding carboxylic acids is 1. The van der Waals surface area contributed by atoms with Crippen LogP contribution in [-0.2, 0) is 4.74 Å². The Morgan fingerprint density at radius 1 is 1.32 bits per heavy atom. The molecule has 0 unspecified atom stereocenters. The summed E-state index contributed by atoms with van der Waals surface area (Å²) in [5.74, 6) is 0.911. The number of benzene rings is 1. The average molecular weight is 304 g/mol. The highest BCUT2D eigenvalue weighted by Crippen LogP contribution is 2.16. The predicted octanol–water partition coefficient (Wildman–Crippen LogP) is 3.20. The third-order valence-corrected chi connectivity index (χ3v) is 2.95. The predicted molar refractivity (Wildman–Crippen MR) is 88.2 cm³/mol. The van der Waals surface area contributed by atoms with Gasteiger partial charge in [-0.1, -0.05) is 0 Å². The second-order valence-electron chi connectivity index (χ2n) is 6.26. The largest absolute Gasteiger partial charge is 0.444 e. The zero-order valence-corrected chi connectivity index (χ0v) is 13.6. The Balaban J connectivity index is 1.70. The summed E-state index contributed by atoms with van der Waals surface area (Å²) in [4.78, 5) is 19.1. The molecule has 1 heterocycles. The molecule has 0 spiro atoms. The molecular formula is C16H24N4O2. The van der Waals surface area contributed by atoms with Crippen LogP contribution in [0.1, 0.15) is 33.0 Å². The number of ether oxygens (including phenoxy) is 1. The first-order valence-corrected chi connectivity index (χ1v) is 7.50. The van der Waals surface area contributed by atoms with E-state index in [0.717, 1.165) is 35.5 Å². The molecule has 2 rings (SSSR count). The van der Waals surface area contributed by atoms with Gasteiger partial charge in [0.25, 0.3) is 0 Å². The summed E-state index contributed by atoms with van der Waals surface area (Å²) in [5, 5.41) is 6.07. The lowest BCUT2D eigenvalue weighted by Gasteiger charge is -2.19. The van der Waals surface area contributed by atoms with Gasteiger partial charge < -0.3 is 20.4 Å². The number of H-pyrrole nitrogens is 1. The molecule has 0 aliphatic rings. The fourth-order valence-corrected chi connectivity index (χ4v) is 2.07. The first kappa shape index (κ1) is 16.1. The minimum absolute atomic E-state index is 0.373. The van der Waals surface area contributed by atoms with E-state index in [2.05, 4.69) is 20.6 Å². The Morgan fingerprint density at radius 2 is 2.09 bits per heavy atom. The van der Waals surface area contributed by atoms with Crippen molar-refractivity contribution in [1.82, 2.24) is 15.3 Å². The van der Waals surface area contributed by atoms with Gasteiger partial charge in [0.15, 0.2) is 0 Å². The fraction of sp³-hybridized carbons (Fsp3) is 0.500. The molecule has 0 fully saturated rings. The van der Waals surface area contributed by atoms with E-state index in [-0.39, 0.29) is 6.09 Å². The highest BCUT2D eigenvalue weighted by molar-refractivity contribution is 5.79. The number of anilines is 1. The van der Waals surface area contributed by atoms with Crippen LogP contribution >= 0.6 is 0 Å². The number of hydrogen-bond acceptors (Lipinski definition) is 4. The molecule has 3 N–H and O–H groups in total. The van der Waals surface area contributed by atoms with Crippen LogP contribution in [0.2, 0.25) is 0 Å². The van der Waals surface area contributed by atoms with E-state index in [0.29, 0.717) is 6.54 Å². The van der Waals surface area contributed by atoms with Crippen LogP contribution in [0.15, 0.2) is 18.2 Å². The van der Waals surface area contributed by atoms with Crippen molar-refractivity contribution in [2.24, 2.45) is 0 Å². The molecule has 22 heavy (non-hydrogen) atoms. The number of nitrogens with one attached hydrogen (secondary N) is 3. The third-order valence-electron chi connectivity index (χ3n) is 2.95. The summed E-state index contributed by atoms with van der Waals surface area (Å²) in [6.07, 6.45) is 0.445. The molecule has 2 aromatic rings. The molecule has 6 heteroatoms. The molecule has 1 aromatic heterocycles. The molecule has 120 valence electrons. The van der Waals surface area contributed by atoms with Crippen LogP contribution in [0.4, 0.5) is 10.5 Å². The maximum atomic E-state index is 11.5. The van der Waals surface area contributed by atoms with Crippen molar-refractivity contribution in [2.45, 2.75) is 39.7 Å². The molecule has 0 radical (unpaired) electrons. The smallest absolute Gasteiger partial charge is 0.407 e. The van der Waals surface area contributed by atoms with E-state index in [4.69, 9.17) is 4.74 Å². The first-order chi connectivity index (χ1) is 10.3. The Bertz CT molecular complexity index is 643. The van der Waals surface area contributed by atoms with Crippen LogP contribution in [0.25, 0.3) is 11.0 Å². The summed E-state index contributed by atoms with van der Waals surface area (Å²) in [6.45, 7) is 8.83. The molecule has 0 aliphatic heterocycles. The zero-order chi connectivity index (χ0) is 16.2. The highest BCUT2D eigenvalue weighted by Gasteiger charge is 2.15. The van der Waals surface area contributed by atoms with Crippen molar-refractivity contribution < 1.29 is 9.53 Å². The van der Waals surface area contributed by atoms with Gasteiger partial charge in [-0.05, 0) is 52.3 Å². The number of nitrogens with zero attached hydrogens (tertiary/aromatic N) is 1. The quantitative estimate of drug-likeness (QED) is 0.741. The van der Waals surface area contributed by atoms with Crippen LogP contribution in [0.5, 0.6) is 0 Å². The number of fused-ring (bicyclic) bond motifs is 1. The number of aromatic nitrogens is 2. The van der Waals surface area contributed by atoms with E-state index >= 15 is 0 Å². The van der Waals surface area contributed by atoms with Crippen LogP contribution in [0.3, 0.4) is 0 Å². The van der Waals surface area contributed by atoms with Crippen molar-refractivity contribution in [3.05, 3.63) is 24.0 Å². The van der Waals surface area contributed by atoms with Gasteiger partial charge in [0.05, 0.1) is 11.0 Å². The minimum atomic E-state index is -0.458. The van der Waals surface area contributed by atoms with Crippen molar-refractivity contribution >= 4 is 22.8 Å². The third kappa shape index (κ3) is 4.95. The van der Waals surface area contributed by atoms with Gasteiger partial charge in [-0.15, -0.1) is 0 Å². The Morgan fingerprint density at radius 3 is 2.82 bits per heavy atom. The summed E-state index contributed by atoms with van der Waals surface area (Å²) in [6, 6.07) is 6.03. The molecule has 0 bridgehead atoms. The number of rotatable bonds is 5. The summed E-state index contributed by atoms with van der Waals surface area (Å²) in [5.41, 5.74) is 2.57. The Kier molecular flexibility index (Phi) is 4.90. The molecule has 0 saturated carbocycles. The van der Waals surface area contributed by atoms with Gasteiger partial charge in [-0.2, -0.15) is 0 Å². The number of alkyl carbamates (subject to hydrolysis) is 1. The molecule has 0 aliphatic carbocycles. The topological polar surface area (TPSA) is 79.0 Å². The standard InChI is InChI=1S/C16H24N4O2/c1-11-19-13-7-6-12(10-14(13)20-11)17-8-5-9-18-15(21)22-16(2,3)4/h6-7,10,17H,5,8-9H2,1-4H3,(H,18,21)(H,19,20). The van der Waals surface area contributed by atoms with Crippen LogP contribution in [-0.4, -0.2) is 34.8 Å². The molecule has 6 nitrogen and oxygen atoms in total. The number of hydrogen-bond donors (Lipinski definition) is 3. The molecular weight excluding hydrogens is 280 g/mol. The van der Waals surface area contributed by atoms with Crippen LogP contribution in [0, 0.1) is 6.92 Å². The number of imidazole rings is 1. The summed E-state index contributed by atoms with van der Waals surface area (Å²) in [7, 11) is 0. The zero-order valence-electron chi connectivity index (χ0n) is 13.6. The van der Waals surface area contributed by atoms with Crippen molar-refractivity contribution in [1.29, 1.82) is 0 Å². The fourth-order valence-electron chi connectivity index (χ4n) is 2.07. The molecule has 0 saturated heterocycles. The molecule has 0 atom stereocenters. The van der Waals surface area contributed by atoms with E-state index in [9.17, 15) is 4.79 Å². The van der Waals surface area contributed by atoms with E-state index in [1.165, 1.54) is 0 Å². The van der Waals surface area contributed by atoms with Crippen molar-refractivity contribution in [3.63, 3.8) is 0 Å². The minimum Gasteiger partial charge on any atom is -0.444 e. The molecule has 1 aromatic carbocycles. The van der Waals surface area contributed by atoms with Gasteiger partial charge in [0, 0.05) is 18.8 Å². The normalized spacial score (nSPS) is 11.5. The maximum absolute atomic E-state index is 11.5. The number of amides is 1. The summed E-state index contributed by atoms with van der Waals surface area (Å²) >= 11 is 0. The number of carbonyl (C=O) groups is 1. The lowest BCUT2D eigenvalue weighted by molar-refractivity contribution is 0.0528. The Hall–Kier alpha value is -2.24. The average Bonchev–Trinajstić information content (AvgIpc) is 2.75. The summed E-state index contributed by atoms with van der Waals surface area (Å²) < 4.78 is 5.17. The van der Waals surface area contributed by atoms with Gasteiger partial charge in [0.1, 0.15) is 11.4 Å². The van der Waals surface area contributed by atoms with Gasteiger partial charge in [0.2, 0.25) is 0 Å². The maximum Gasteiger partial charge on any atom is 0.407 e. The first-order valence-electron chi connectivity index (χ1n) is 7.50. The van der Waals surface area contributed by atoms with Crippen LogP contribution < -0.4 is 10.6 Å². The number of aromatic amines is 1. The lowest BCUT2D eigenvalue weighted by atomic mass is 10.2. The van der Waals surface area contributed by atoms with E-state index in [1.807, 2.05) is 45.9 Å². The SMILES string of the molecule is Cc1nc2ccc(NCCCNC(=O)OC(C)(C)C)cc2[nH]1. The second-order valence-corrected chi connectivity index (χ2v) is 6.26. The Labute approximate surface area is 130 Å². The monoisotopic (exact) mass is 304 g/mol. The second kappa shape index (κ2) is 6.68. The number of aryl methyl sites for hydroxylation is 1. The van der Waals surface area contributed by atoms with Gasteiger partial charge in [-0.25, -0.2) is 9.78 Å². The van der Waals surface area contributed by atoms with E-state index < -0.39 is 5.60 Å². The van der Waals surface area contributed by atoms with Gasteiger partial charge in [-0.3, -0.25) is 0 Å². The van der Waals surface area contributed by atoms with Crippen molar-refractivity contribution in [2.75, 3.05) is 18.4 Å². The highest BCUT2D eigenvalue weighted by atomic mass is 16.6. The lowest BCUT2D eigenvalue weighted by Crippen LogP contribution is -2.33. The van der Waals surface area contributed by atoms with E-state index in [1.54, 1.807) is 0 Å².